The molecule has 3 aromatic rings. The summed E-state index contributed by atoms with van der Waals surface area (Å²) in [5.74, 6) is -1.85. The van der Waals surface area contributed by atoms with E-state index in [9.17, 15) is 19.5 Å². The minimum absolute atomic E-state index is 0.112. The molecular formula is C32H36N4O6S. The number of nitrogens with zero attached hydrogens (tertiary/aromatic N) is 3. The summed E-state index contributed by atoms with van der Waals surface area (Å²) in [6.45, 7) is 2.54. The molecule has 1 aromatic carbocycles. The van der Waals surface area contributed by atoms with Crippen LogP contribution >= 0.6 is 11.3 Å². The monoisotopic (exact) mass is 604 g/mol. The van der Waals surface area contributed by atoms with Crippen molar-refractivity contribution in [3.63, 3.8) is 0 Å². The van der Waals surface area contributed by atoms with Gasteiger partial charge in [0.2, 0.25) is 11.8 Å². The van der Waals surface area contributed by atoms with Crippen molar-refractivity contribution in [1.29, 1.82) is 0 Å². The highest BCUT2D eigenvalue weighted by molar-refractivity contribution is 7.13. The van der Waals surface area contributed by atoms with Gasteiger partial charge in [-0.25, -0.2) is 14.8 Å². The lowest BCUT2D eigenvalue weighted by Crippen LogP contribution is -2.49. The Morgan fingerprint density at radius 3 is 2.74 bits per heavy atom. The molecule has 3 heterocycles. The molecule has 11 heteroatoms. The number of amides is 2. The zero-order valence-electron chi connectivity index (χ0n) is 24.5. The van der Waals surface area contributed by atoms with Crippen LogP contribution in [0, 0.1) is 24.7 Å². The van der Waals surface area contributed by atoms with Crippen LogP contribution in [0.4, 0.5) is 0 Å². The van der Waals surface area contributed by atoms with Gasteiger partial charge in [0, 0.05) is 48.1 Å². The van der Waals surface area contributed by atoms with E-state index in [2.05, 4.69) is 10.3 Å². The molecule has 226 valence electrons. The Kier molecular flexibility index (Phi) is 7.85. The van der Waals surface area contributed by atoms with E-state index < -0.39 is 35.4 Å². The number of carboxylic acids is 1. The summed E-state index contributed by atoms with van der Waals surface area (Å²) in [6.07, 6.45) is 8.70. The first-order chi connectivity index (χ1) is 20.7. The van der Waals surface area contributed by atoms with Gasteiger partial charge in [0.15, 0.2) is 0 Å². The molecule has 2 saturated carbocycles. The van der Waals surface area contributed by atoms with Crippen LogP contribution in [-0.2, 0) is 14.4 Å². The van der Waals surface area contributed by atoms with Crippen molar-refractivity contribution in [1.82, 2.24) is 20.2 Å². The summed E-state index contributed by atoms with van der Waals surface area (Å²) < 4.78 is 12.2. The standard InChI is InChI=1S/C32H36N4O6S/c1-18-25(41-3)10-9-21-26(16-24(34-27(18)21)29-33-11-13-43-29)42-20-14-22-23(15-20)30(38)36(2)12-7-5-4-6-8-19-17-32(19,31(39)40)35-28(22)37/h6,8-11,13,16,19-20,22-23H,4-5,7,12,14-15,17H2,1-3H3,(H,35,37)(H,39,40)/b8-6-. The van der Waals surface area contributed by atoms with Crippen molar-refractivity contribution >= 4 is 40.0 Å². The number of benzene rings is 1. The van der Waals surface area contributed by atoms with Gasteiger partial charge in [-0.05, 0) is 57.6 Å². The molecule has 0 spiro atoms. The normalized spacial score (nSPS) is 28.4. The maximum atomic E-state index is 13.7. The van der Waals surface area contributed by atoms with E-state index in [0.717, 1.165) is 40.7 Å². The molecule has 1 aliphatic heterocycles. The number of hydrogen-bond donors (Lipinski definition) is 2. The van der Waals surface area contributed by atoms with Crippen LogP contribution in [0.15, 0.2) is 41.9 Å². The second-order valence-electron chi connectivity index (χ2n) is 11.8. The highest BCUT2D eigenvalue weighted by Gasteiger charge is 2.61. The molecule has 2 amide bonds. The van der Waals surface area contributed by atoms with Gasteiger partial charge in [-0.3, -0.25) is 9.59 Å². The number of hydrogen-bond acceptors (Lipinski definition) is 8. The van der Waals surface area contributed by atoms with E-state index in [1.54, 1.807) is 25.3 Å². The van der Waals surface area contributed by atoms with Crippen LogP contribution in [0.5, 0.6) is 11.5 Å². The van der Waals surface area contributed by atoms with Gasteiger partial charge in [0.25, 0.3) is 0 Å². The number of carbonyl (C=O) groups is 3. The minimum atomic E-state index is -1.32. The molecule has 2 N–H and O–H groups in total. The van der Waals surface area contributed by atoms with Crippen molar-refractivity contribution in [2.75, 3.05) is 20.7 Å². The second kappa shape index (κ2) is 11.6. The fraction of sp³-hybridized carbons (Fsp3) is 0.469. The molecule has 0 bridgehead atoms. The number of allylic oxidation sites excluding steroid dienone is 1. The summed E-state index contributed by atoms with van der Waals surface area (Å²) in [4.78, 5) is 50.8. The largest absolute Gasteiger partial charge is 0.496 e. The predicted molar refractivity (Wildman–Crippen MR) is 162 cm³/mol. The number of aromatic nitrogens is 2. The first-order valence-electron chi connectivity index (χ1n) is 14.7. The molecule has 5 atom stereocenters. The molecule has 2 aliphatic carbocycles. The summed E-state index contributed by atoms with van der Waals surface area (Å²) in [7, 11) is 3.39. The Labute approximate surface area is 254 Å². The number of aliphatic carboxylic acids is 1. The first kappa shape index (κ1) is 29.1. The lowest BCUT2D eigenvalue weighted by atomic mass is 9.93. The quantitative estimate of drug-likeness (QED) is 0.404. The van der Waals surface area contributed by atoms with Gasteiger partial charge in [-0.2, -0.15) is 0 Å². The maximum absolute atomic E-state index is 13.7. The Bertz CT molecular complexity index is 1590. The van der Waals surface area contributed by atoms with Crippen molar-refractivity contribution in [3.8, 4) is 22.2 Å². The number of rotatable bonds is 5. The van der Waals surface area contributed by atoms with Gasteiger partial charge >= 0.3 is 5.97 Å². The minimum Gasteiger partial charge on any atom is -0.496 e. The smallest absolute Gasteiger partial charge is 0.330 e. The number of aryl methyl sites for hydroxylation is 1. The van der Waals surface area contributed by atoms with E-state index >= 15 is 0 Å². The molecule has 0 saturated heterocycles. The zero-order valence-corrected chi connectivity index (χ0v) is 25.4. The van der Waals surface area contributed by atoms with Gasteiger partial charge in [0.1, 0.15) is 33.8 Å². The Balaban J connectivity index is 1.34. The summed E-state index contributed by atoms with van der Waals surface area (Å²) >= 11 is 1.47. The summed E-state index contributed by atoms with van der Waals surface area (Å²) in [5, 5.41) is 16.3. The lowest BCUT2D eigenvalue weighted by Gasteiger charge is -2.26. The second-order valence-corrected chi connectivity index (χ2v) is 12.7. The Morgan fingerprint density at radius 2 is 2.00 bits per heavy atom. The van der Waals surface area contributed by atoms with Crippen LogP contribution in [-0.4, -0.2) is 70.1 Å². The fourth-order valence-corrected chi connectivity index (χ4v) is 7.13. The highest BCUT2D eigenvalue weighted by atomic mass is 32.1. The molecule has 0 radical (unpaired) electrons. The molecule has 2 fully saturated rings. The predicted octanol–water partition coefficient (Wildman–Crippen LogP) is 4.61. The SMILES string of the molecule is COc1ccc2c(OC3CC4C(=O)NC5(C(=O)O)CC5/C=C\CCCCN(C)C(=O)C4C3)cc(-c3nccs3)nc2c1C. The van der Waals surface area contributed by atoms with E-state index in [1.807, 2.05) is 42.7 Å². The highest BCUT2D eigenvalue weighted by Crippen LogP contribution is 2.47. The average Bonchev–Trinajstić information content (AvgIpc) is 3.31. The third-order valence-electron chi connectivity index (χ3n) is 9.09. The molecule has 3 aliphatic rings. The van der Waals surface area contributed by atoms with Crippen LogP contribution in [0.2, 0.25) is 0 Å². The van der Waals surface area contributed by atoms with Gasteiger partial charge < -0.3 is 24.8 Å². The fourth-order valence-electron chi connectivity index (χ4n) is 6.53. The molecule has 2 aromatic heterocycles. The summed E-state index contributed by atoms with van der Waals surface area (Å²) in [5.41, 5.74) is 0.932. The number of ether oxygens (including phenoxy) is 2. The number of carbonyl (C=O) groups excluding carboxylic acids is 2. The maximum Gasteiger partial charge on any atom is 0.330 e. The Hall–Kier alpha value is -3.99. The first-order valence-corrected chi connectivity index (χ1v) is 15.6. The molecular weight excluding hydrogens is 568 g/mol. The van der Waals surface area contributed by atoms with Crippen molar-refractivity contribution < 1.29 is 29.0 Å². The average molecular weight is 605 g/mol. The van der Waals surface area contributed by atoms with E-state index in [-0.39, 0.29) is 18.2 Å². The number of fused-ring (bicyclic) bond motifs is 3. The topological polar surface area (TPSA) is 131 Å². The number of pyridine rings is 1. The molecule has 6 rings (SSSR count). The van der Waals surface area contributed by atoms with Gasteiger partial charge in [-0.15, -0.1) is 11.3 Å². The summed E-state index contributed by atoms with van der Waals surface area (Å²) in [6, 6.07) is 5.64. The lowest BCUT2D eigenvalue weighted by molar-refractivity contribution is -0.145. The molecule has 10 nitrogen and oxygen atoms in total. The number of carboxylic acid groups (broad SMARTS) is 1. The van der Waals surface area contributed by atoms with Crippen molar-refractivity contribution in [3.05, 3.63) is 47.5 Å². The van der Waals surface area contributed by atoms with Crippen LogP contribution in [0.1, 0.15) is 44.1 Å². The van der Waals surface area contributed by atoms with E-state index in [4.69, 9.17) is 14.5 Å². The third-order valence-corrected chi connectivity index (χ3v) is 9.88. The van der Waals surface area contributed by atoms with E-state index in [0.29, 0.717) is 36.6 Å². The molecule has 5 unspecified atom stereocenters. The van der Waals surface area contributed by atoms with E-state index in [1.165, 1.54) is 11.3 Å². The molecule has 43 heavy (non-hydrogen) atoms. The van der Waals surface area contributed by atoms with Crippen molar-refractivity contribution in [2.24, 2.45) is 17.8 Å². The van der Waals surface area contributed by atoms with Gasteiger partial charge in [0.05, 0.1) is 24.5 Å². The van der Waals surface area contributed by atoms with Crippen molar-refractivity contribution in [2.45, 2.75) is 57.1 Å². The number of nitrogens with one attached hydrogen (secondary N) is 1. The van der Waals surface area contributed by atoms with Crippen LogP contribution in [0.3, 0.4) is 0 Å². The van der Waals surface area contributed by atoms with Gasteiger partial charge in [-0.1, -0.05) is 12.2 Å². The number of methoxy groups -OCH3 is 1. The van der Waals surface area contributed by atoms with Crippen LogP contribution < -0.4 is 14.8 Å². The van der Waals surface area contributed by atoms with Crippen LogP contribution in [0.25, 0.3) is 21.6 Å². The number of thiazole rings is 1. The third kappa shape index (κ3) is 5.46. The zero-order chi connectivity index (χ0) is 30.3. The Morgan fingerprint density at radius 1 is 1.19 bits per heavy atom.